The normalized spacial score (nSPS) is 18.1. The lowest BCUT2D eigenvalue weighted by molar-refractivity contribution is -0.126. The summed E-state index contributed by atoms with van der Waals surface area (Å²) in [5.74, 6) is 1.41. The molecule has 7 nitrogen and oxygen atoms in total. The minimum absolute atomic E-state index is 0. The van der Waals surface area contributed by atoms with Crippen LogP contribution < -0.4 is 11.1 Å². The standard InChI is InChI=1S/C16H22N4O3.ClH/c17-5-6-18-16(21)12-3-1-7-20(10-12)11-13-9-15(23-19-13)14-4-2-8-22-14;/h2,4,8-9,12H,1,3,5-7,10-11,17H2,(H,18,21);1H. The van der Waals surface area contributed by atoms with Gasteiger partial charge in [-0.15, -0.1) is 12.4 Å². The Kier molecular flexibility index (Phi) is 6.84. The number of piperidine rings is 1. The van der Waals surface area contributed by atoms with Gasteiger partial charge in [-0.25, -0.2) is 0 Å². The second kappa shape index (κ2) is 8.86. The van der Waals surface area contributed by atoms with E-state index >= 15 is 0 Å². The lowest BCUT2D eigenvalue weighted by atomic mass is 9.97. The van der Waals surface area contributed by atoms with Crippen LogP contribution in [0.5, 0.6) is 0 Å². The first-order valence-corrected chi connectivity index (χ1v) is 7.96. The van der Waals surface area contributed by atoms with Crippen molar-refractivity contribution in [2.45, 2.75) is 19.4 Å². The Bertz CT molecular complexity index is 629. The molecule has 2 aromatic heterocycles. The van der Waals surface area contributed by atoms with Gasteiger partial charge in [0.2, 0.25) is 11.7 Å². The van der Waals surface area contributed by atoms with E-state index in [-0.39, 0.29) is 24.2 Å². The maximum atomic E-state index is 12.1. The van der Waals surface area contributed by atoms with Gasteiger partial charge >= 0.3 is 0 Å². The molecule has 1 unspecified atom stereocenters. The average Bonchev–Trinajstić information content (AvgIpc) is 3.24. The summed E-state index contributed by atoms with van der Waals surface area (Å²) in [6.45, 7) is 3.37. The third-order valence-electron chi connectivity index (χ3n) is 4.03. The molecule has 1 saturated heterocycles. The van der Waals surface area contributed by atoms with Crippen molar-refractivity contribution in [1.82, 2.24) is 15.4 Å². The molecule has 0 spiro atoms. The molecule has 1 aliphatic heterocycles. The molecule has 8 heteroatoms. The van der Waals surface area contributed by atoms with Gasteiger partial charge in [0.1, 0.15) is 0 Å². The molecule has 3 rings (SSSR count). The van der Waals surface area contributed by atoms with Crippen molar-refractivity contribution in [2.24, 2.45) is 11.7 Å². The summed E-state index contributed by atoms with van der Waals surface area (Å²) in [7, 11) is 0. The van der Waals surface area contributed by atoms with Crippen molar-refractivity contribution in [3.8, 4) is 11.5 Å². The predicted molar refractivity (Wildman–Crippen MR) is 91.5 cm³/mol. The number of carbonyl (C=O) groups is 1. The fourth-order valence-corrected chi connectivity index (χ4v) is 2.90. The Morgan fingerprint density at radius 1 is 1.46 bits per heavy atom. The van der Waals surface area contributed by atoms with Gasteiger partial charge < -0.3 is 20.0 Å². The highest BCUT2D eigenvalue weighted by Crippen LogP contribution is 2.23. The molecule has 132 valence electrons. The molecular weight excluding hydrogens is 332 g/mol. The summed E-state index contributed by atoms with van der Waals surface area (Å²) in [4.78, 5) is 14.3. The smallest absolute Gasteiger partial charge is 0.224 e. The number of rotatable bonds is 6. The number of hydrogen-bond acceptors (Lipinski definition) is 6. The van der Waals surface area contributed by atoms with Gasteiger partial charge in [0.05, 0.1) is 17.9 Å². The molecule has 0 bridgehead atoms. The zero-order chi connectivity index (χ0) is 16.1. The summed E-state index contributed by atoms with van der Waals surface area (Å²) < 4.78 is 10.6. The van der Waals surface area contributed by atoms with Gasteiger partial charge in [-0.2, -0.15) is 0 Å². The van der Waals surface area contributed by atoms with Crippen LogP contribution in [0.1, 0.15) is 18.5 Å². The fraction of sp³-hybridized carbons (Fsp3) is 0.500. The van der Waals surface area contributed by atoms with Gasteiger partial charge in [0.15, 0.2) is 5.76 Å². The number of nitrogens with one attached hydrogen (secondary N) is 1. The lowest BCUT2D eigenvalue weighted by Crippen LogP contribution is -2.43. The largest absolute Gasteiger partial charge is 0.461 e. The minimum Gasteiger partial charge on any atom is -0.461 e. The van der Waals surface area contributed by atoms with Crippen LogP contribution in [0.4, 0.5) is 0 Å². The van der Waals surface area contributed by atoms with Crippen molar-refractivity contribution in [2.75, 3.05) is 26.2 Å². The molecule has 0 aromatic carbocycles. The van der Waals surface area contributed by atoms with Gasteiger partial charge in [-0.1, -0.05) is 5.16 Å². The molecule has 1 atom stereocenters. The van der Waals surface area contributed by atoms with Crippen LogP contribution in [0.3, 0.4) is 0 Å². The van der Waals surface area contributed by atoms with E-state index in [0.717, 1.165) is 31.6 Å². The highest BCUT2D eigenvalue weighted by Gasteiger charge is 2.26. The van der Waals surface area contributed by atoms with Crippen molar-refractivity contribution in [1.29, 1.82) is 0 Å². The van der Waals surface area contributed by atoms with Crippen LogP contribution in [0.25, 0.3) is 11.5 Å². The lowest BCUT2D eigenvalue weighted by Gasteiger charge is -2.31. The highest BCUT2D eigenvalue weighted by atomic mass is 35.5. The Hall–Kier alpha value is -1.83. The van der Waals surface area contributed by atoms with E-state index in [1.807, 2.05) is 18.2 Å². The Labute approximate surface area is 146 Å². The number of likely N-dealkylation sites (tertiary alicyclic amines) is 1. The van der Waals surface area contributed by atoms with E-state index in [0.29, 0.717) is 31.2 Å². The van der Waals surface area contributed by atoms with Gasteiger partial charge in [0, 0.05) is 32.2 Å². The number of furan rings is 1. The van der Waals surface area contributed by atoms with Crippen LogP contribution in [-0.4, -0.2) is 42.1 Å². The van der Waals surface area contributed by atoms with Gasteiger partial charge in [-0.05, 0) is 31.5 Å². The molecule has 3 heterocycles. The monoisotopic (exact) mass is 354 g/mol. The number of hydrogen-bond donors (Lipinski definition) is 2. The van der Waals surface area contributed by atoms with E-state index in [4.69, 9.17) is 14.7 Å². The second-order valence-corrected chi connectivity index (χ2v) is 5.81. The number of halogens is 1. The molecule has 3 N–H and O–H groups in total. The minimum atomic E-state index is 0. The van der Waals surface area contributed by atoms with Crippen LogP contribution in [0.2, 0.25) is 0 Å². The third-order valence-corrected chi connectivity index (χ3v) is 4.03. The van der Waals surface area contributed by atoms with E-state index in [1.54, 1.807) is 6.26 Å². The van der Waals surface area contributed by atoms with Crippen LogP contribution in [0, 0.1) is 5.92 Å². The first kappa shape index (κ1) is 18.5. The predicted octanol–water partition coefficient (Wildman–Crippen LogP) is 1.64. The first-order chi connectivity index (χ1) is 11.3. The number of amides is 1. The molecule has 1 amide bonds. The molecule has 0 aliphatic carbocycles. The Balaban J connectivity index is 0.00000208. The summed E-state index contributed by atoms with van der Waals surface area (Å²) >= 11 is 0. The number of nitrogens with two attached hydrogens (primary N) is 1. The molecular formula is C16H23ClN4O3. The number of carbonyl (C=O) groups excluding carboxylic acids is 1. The maximum absolute atomic E-state index is 12.1. The van der Waals surface area contributed by atoms with Gasteiger partial charge in [0.25, 0.3) is 0 Å². The Morgan fingerprint density at radius 2 is 2.33 bits per heavy atom. The van der Waals surface area contributed by atoms with E-state index in [9.17, 15) is 4.79 Å². The third kappa shape index (κ3) is 4.59. The zero-order valence-corrected chi connectivity index (χ0v) is 14.3. The van der Waals surface area contributed by atoms with Crippen LogP contribution in [-0.2, 0) is 11.3 Å². The molecule has 0 saturated carbocycles. The fourth-order valence-electron chi connectivity index (χ4n) is 2.90. The highest BCUT2D eigenvalue weighted by molar-refractivity contribution is 5.85. The molecule has 1 fully saturated rings. The second-order valence-electron chi connectivity index (χ2n) is 5.81. The Morgan fingerprint density at radius 3 is 3.08 bits per heavy atom. The van der Waals surface area contributed by atoms with E-state index in [2.05, 4.69) is 15.4 Å². The zero-order valence-electron chi connectivity index (χ0n) is 13.4. The summed E-state index contributed by atoms with van der Waals surface area (Å²) in [6, 6.07) is 5.53. The molecule has 24 heavy (non-hydrogen) atoms. The van der Waals surface area contributed by atoms with Crippen molar-refractivity contribution >= 4 is 18.3 Å². The molecule has 1 aliphatic rings. The van der Waals surface area contributed by atoms with Gasteiger partial charge in [-0.3, -0.25) is 9.69 Å². The summed E-state index contributed by atoms with van der Waals surface area (Å²) in [5.41, 5.74) is 6.27. The van der Waals surface area contributed by atoms with Crippen molar-refractivity contribution in [3.63, 3.8) is 0 Å². The SMILES string of the molecule is Cl.NCCNC(=O)C1CCCN(Cc2cc(-c3ccco3)on2)C1. The summed E-state index contributed by atoms with van der Waals surface area (Å²) in [6.07, 6.45) is 3.53. The summed E-state index contributed by atoms with van der Waals surface area (Å²) in [5, 5.41) is 6.96. The maximum Gasteiger partial charge on any atom is 0.224 e. The average molecular weight is 355 g/mol. The van der Waals surface area contributed by atoms with Crippen molar-refractivity contribution in [3.05, 3.63) is 30.2 Å². The molecule has 2 aromatic rings. The molecule has 0 radical (unpaired) electrons. The van der Waals surface area contributed by atoms with E-state index < -0.39 is 0 Å². The first-order valence-electron chi connectivity index (χ1n) is 7.96. The van der Waals surface area contributed by atoms with Crippen LogP contribution >= 0.6 is 12.4 Å². The quantitative estimate of drug-likeness (QED) is 0.818. The topological polar surface area (TPSA) is 97.5 Å². The van der Waals surface area contributed by atoms with Crippen LogP contribution in [0.15, 0.2) is 33.4 Å². The van der Waals surface area contributed by atoms with Crippen molar-refractivity contribution < 1.29 is 13.7 Å². The number of aromatic nitrogens is 1. The number of nitrogens with zero attached hydrogens (tertiary/aromatic N) is 2. The van der Waals surface area contributed by atoms with E-state index in [1.165, 1.54) is 0 Å².